The monoisotopic (exact) mass is 444 g/mol. The molecule has 29 heavy (non-hydrogen) atoms. The fourth-order valence-electron chi connectivity index (χ4n) is 3.43. The van der Waals surface area contributed by atoms with Gasteiger partial charge in [-0.15, -0.1) is 0 Å². The van der Waals surface area contributed by atoms with E-state index in [1.165, 1.54) is 0 Å². The topological polar surface area (TPSA) is 54.0 Å². The third-order valence-corrected chi connectivity index (χ3v) is 16.4. The first-order valence-electron chi connectivity index (χ1n) is 11.0. The van der Waals surface area contributed by atoms with E-state index >= 15 is 0 Å². The fraction of sp³-hybridized carbons (Fsp3) is 0.955. The molecule has 4 atom stereocenters. The Labute approximate surface area is 180 Å². The molecule has 170 valence electrons. The second kappa shape index (κ2) is 7.82. The Balaban J connectivity index is 2.22. The number of fused-ring (bicyclic) bond motifs is 1. The summed E-state index contributed by atoms with van der Waals surface area (Å²) in [6.45, 7) is 26.4. The van der Waals surface area contributed by atoms with Crippen molar-refractivity contribution in [1.82, 2.24) is 0 Å². The van der Waals surface area contributed by atoms with E-state index in [9.17, 15) is 4.79 Å². The Morgan fingerprint density at radius 2 is 1.41 bits per heavy atom. The molecule has 1 aliphatic carbocycles. The lowest BCUT2D eigenvalue weighted by Crippen LogP contribution is -2.56. The first-order chi connectivity index (χ1) is 12.8. The molecule has 0 aromatic heterocycles. The van der Waals surface area contributed by atoms with Crippen molar-refractivity contribution in [3.63, 3.8) is 0 Å². The molecule has 0 bridgehead atoms. The molecular formula is C22H44O5Si2. The highest BCUT2D eigenvalue weighted by Gasteiger charge is 2.56. The molecule has 5 nitrogen and oxygen atoms in total. The maximum Gasteiger partial charge on any atom is 0.192 e. The van der Waals surface area contributed by atoms with Crippen LogP contribution in [-0.4, -0.2) is 53.1 Å². The normalized spacial score (nSPS) is 31.1. The molecule has 1 saturated carbocycles. The van der Waals surface area contributed by atoms with E-state index in [0.29, 0.717) is 13.0 Å². The van der Waals surface area contributed by atoms with Crippen LogP contribution in [0, 0.1) is 5.92 Å². The van der Waals surface area contributed by atoms with Gasteiger partial charge in [-0.2, -0.15) is 0 Å². The number of hydrogen-bond donors (Lipinski definition) is 0. The van der Waals surface area contributed by atoms with Crippen LogP contribution in [0.1, 0.15) is 61.8 Å². The summed E-state index contributed by atoms with van der Waals surface area (Å²) < 4.78 is 25.6. The van der Waals surface area contributed by atoms with Crippen LogP contribution in [0.3, 0.4) is 0 Å². The van der Waals surface area contributed by atoms with Crippen LogP contribution >= 0.6 is 0 Å². The summed E-state index contributed by atoms with van der Waals surface area (Å²) in [5.74, 6) is -0.838. The van der Waals surface area contributed by atoms with Gasteiger partial charge in [-0.25, -0.2) is 0 Å². The SMILES string of the molecule is CC1(C)O[C@H]2[C@H](O1)[C@@H](CO[Si](C)(C)C(C)(C)C)C(=O)C[C@@H]2O[Si](C)(C)C(C)(C)C. The van der Waals surface area contributed by atoms with Crippen molar-refractivity contribution in [3.05, 3.63) is 0 Å². The number of ether oxygens (including phenoxy) is 2. The minimum absolute atomic E-state index is 0.0722. The lowest BCUT2D eigenvalue weighted by molar-refractivity contribution is -0.154. The second-order valence-electron chi connectivity index (χ2n) is 12.3. The molecule has 0 amide bonds. The molecule has 2 rings (SSSR count). The minimum atomic E-state index is -2.04. The quantitative estimate of drug-likeness (QED) is 0.523. The molecule has 1 saturated heterocycles. The number of rotatable bonds is 5. The average Bonchev–Trinajstić information content (AvgIpc) is 2.79. The highest BCUT2D eigenvalue weighted by Crippen LogP contribution is 2.45. The Bertz CT molecular complexity index is 616. The molecule has 0 unspecified atom stereocenters. The van der Waals surface area contributed by atoms with Crippen molar-refractivity contribution in [2.45, 2.75) is 122 Å². The maximum absolute atomic E-state index is 13.2. The summed E-state index contributed by atoms with van der Waals surface area (Å²) in [6, 6.07) is 0. The van der Waals surface area contributed by atoms with Crippen LogP contribution in [0.15, 0.2) is 0 Å². The van der Waals surface area contributed by atoms with Crippen molar-refractivity contribution in [2.75, 3.05) is 6.61 Å². The van der Waals surface area contributed by atoms with Crippen LogP contribution in [0.5, 0.6) is 0 Å². The number of Topliss-reactive ketones (excluding diaryl/α,β-unsaturated/α-hetero) is 1. The molecule has 0 aromatic rings. The Morgan fingerprint density at radius 1 is 0.931 bits per heavy atom. The van der Waals surface area contributed by atoms with Gasteiger partial charge in [-0.05, 0) is 50.1 Å². The zero-order valence-electron chi connectivity index (χ0n) is 20.8. The van der Waals surface area contributed by atoms with Crippen LogP contribution in [0.4, 0.5) is 0 Å². The van der Waals surface area contributed by atoms with Crippen LogP contribution in [0.2, 0.25) is 36.3 Å². The van der Waals surface area contributed by atoms with Gasteiger partial charge in [0.2, 0.25) is 0 Å². The summed E-state index contributed by atoms with van der Waals surface area (Å²) in [7, 11) is -3.99. The highest BCUT2D eigenvalue weighted by molar-refractivity contribution is 6.74. The Hall–Kier alpha value is -0.0562. The van der Waals surface area contributed by atoms with E-state index in [1.807, 2.05) is 13.8 Å². The van der Waals surface area contributed by atoms with E-state index in [1.54, 1.807) is 0 Å². The van der Waals surface area contributed by atoms with Gasteiger partial charge in [0.1, 0.15) is 18.0 Å². The largest absolute Gasteiger partial charge is 0.416 e. The van der Waals surface area contributed by atoms with Crippen molar-refractivity contribution in [2.24, 2.45) is 5.92 Å². The van der Waals surface area contributed by atoms with E-state index in [2.05, 4.69) is 67.7 Å². The smallest absolute Gasteiger partial charge is 0.192 e. The molecule has 0 radical (unpaired) electrons. The van der Waals surface area contributed by atoms with Crippen LogP contribution < -0.4 is 0 Å². The Morgan fingerprint density at radius 3 is 1.90 bits per heavy atom. The van der Waals surface area contributed by atoms with Crippen LogP contribution in [0.25, 0.3) is 0 Å². The van der Waals surface area contributed by atoms with E-state index < -0.39 is 22.4 Å². The molecule has 1 aliphatic heterocycles. The lowest BCUT2D eigenvalue weighted by atomic mass is 9.82. The fourth-order valence-corrected chi connectivity index (χ4v) is 5.79. The van der Waals surface area contributed by atoms with Gasteiger partial charge in [-0.1, -0.05) is 41.5 Å². The van der Waals surface area contributed by atoms with E-state index in [0.717, 1.165) is 0 Å². The summed E-state index contributed by atoms with van der Waals surface area (Å²) >= 11 is 0. The van der Waals surface area contributed by atoms with E-state index in [-0.39, 0.29) is 40.1 Å². The average molecular weight is 445 g/mol. The second-order valence-corrected chi connectivity index (χ2v) is 21.9. The maximum atomic E-state index is 13.2. The van der Waals surface area contributed by atoms with Crippen molar-refractivity contribution < 1.29 is 23.1 Å². The van der Waals surface area contributed by atoms with Crippen molar-refractivity contribution >= 4 is 22.4 Å². The predicted octanol–water partition coefficient (Wildman–Crippen LogP) is 5.51. The third kappa shape index (κ3) is 5.41. The summed E-state index contributed by atoms with van der Waals surface area (Å²) in [4.78, 5) is 13.2. The number of hydrogen-bond acceptors (Lipinski definition) is 5. The molecular weight excluding hydrogens is 400 g/mol. The molecule has 2 fully saturated rings. The number of carbonyl (C=O) groups is 1. The third-order valence-electron chi connectivity index (χ3n) is 7.42. The molecule has 2 aliphatic rings. The lowest BCUT2D eigenvalue weighted by Gasteiger charge is -2.44. The van der Waals surface area contributed by atoms with Gasteiger partial charge in [0.25, 0.3) is 0 Å². The molecule has 0 N–H and O–H groups in total. The number of carbonyl (C=O) groups excluding carboxylic acids is 1. The summed E-state index contributed by atoms with van der Waals surface area (Å²) in [6.07, 6.45) is -0.423. The summed E-state index contributed by atoms with van der Waals surface area (Å²) in [5.41, 5.74) is 0. The highest BCUT2D eigenvalue weighted by atomic mass is 28.4. The van der Waals surface area contributed by atoms with Gasteiger partial charge in [-0.3, -0.25) is 4.79 Å². The predicted molar refractivity (Wildman–Crippen MR) is 122 cm³/mol. The first-order valence-corrected chi connectivity index (χ1v) is 16.8. The van der Waals surface area contributed by atoms with Crippen LogP contribution in [-0.2, 0) is 23.1 Å². The molecule has 1 heterocycles. The standard InChI is InChI=1S/C22H44O5Si2/c1-20(2,3)28(9,10)24-14-15-16(23)13-17(27-29(11,12)21(4,5)6)19-18(15)25-22(7,8)26-19/h15,17-19H,13-14H2,1-12H3/t15-,17-,18+,19+/m0/s1. The van der Waals surface area contributed by atoms with Crippen molar-refractivity contribution in [3.8, 4) is 0 Å². The van der Waals surface area contributed by atoms with E-state index in [4.69, 9.17) is 18.3 Å². The Kier molecular flexibility index (Phi) is 6.79. The summed E-state index contributed by atoms with van der Waals surface area (Å²) in [5, 5.41) is 0.174. The zero-order chi connectivity index (χ0) is 22.6. The molecule has 7 heteroatoms. The van der Waals surface area contributed by atoms with Crippen molar-refractivity contribution in [1.29, 1.82) is 0 Å². The van der Waals surface area contributed by atoms with Gasteiger partial charge in [0, 0.05) is 13.0 Å². The minimum Gasteiger partial charge on any atom is -0.416 e. The molecule has 0 spiro atoms. The molecule has 0 aromatic carbocycles. The zero-order valence-corrected chi connectivity index (χ0v) is 22.8. The number of ketones is 1. The van der Waals surface area contributed by atoms with Gasteiger partial charge in [0.15, 0.2) is 22.4 Å². The van der Waals surface area contributed by atoms with Gasteiger partial charge >= 0.3 is 0 Å². The van der Waals surface area contributed by atoms with Gasteiger partial charge in [0.05, 0.1) is 12.0 Å². The van der Waals surface area contributed by atoms with Gasteiger partial charge < -0.3 is 18.3 Å². The first kappa shape index (κ1) is 25.2.